The van der Waals surface area contributed by atoms with E-state index in [0.29, 0.717) is 11.3 Å². The molecule has 0 aliphatic heterocycles. The second kappa shape index (κ2) is 5.80. The molecule has 0 saturated carbocycles. The first-order valence-electron chi connectivity index (χ1n) is 5.49. The van der Waals surface area contributed by atoms with E-state index in [0.717, 1.165) is 11.1 Å². The van der Waals surface area contributed by atoms with Crippen LogP contribution < -0.4 is 4.74 Å². The van der Waals surface area contributed by atoms with Gasteiger partial charge < -0.3 is 9.29 Å². The van der Waals surface area contributed by atoms with Crippen LogP contribution in [-0.4, -0.2) is 15.9 Å². The normalized spacial score (nSPS) is 12.1. The summed E-state index contributed by atoms with van der Waals surface area (Å²) in [7, 11) is 1.54. The summed E-state index contributed by atoms with van der Waals surface area (Å²) < 4.78 is 26.7. The van der Waals surface area contributed by atoms with Gasteiger partial charge in [0.15, 0.2) is 0 Å². The maximum absolute atomic E-state index is 10.7. The minimum Gasteiger partial charge on any atom is -0.772 e. The van der Waals surface area contributed by atoms with E-state index in [-0.39, 0.29) is 5.75 Å². The summed E-state index contributed by atoms with van der Waals surface area (Å²) in [6.07, 6.45) is 0. The van der Waals surface area contributed by atoms with Gasteiger partial charge in [0.05, 0.1) is 7.11 Å². The molecule has 2 aromatic carbocycles. The highest BCUT2D eigenvalue weighted by molar-refractivity contribution is 7.78. The van der Waals surface area contributed by atoms with Crippen LogP contribution in [-0.2, 0) is 16.8 Å². The molecule has 0 aliphatic carbocycles. The van der Waals surface area contributed by atoms with Crippen molar-refractivity contribution in [3.05, 3.63) is 54.1 Å². The first-order valence-corrected chi connectivity index (χ1v) is 6.73. The van der Waals surface area contributed by atoms with E-state index in [1.165, 1.54) is 0 Å². The van der Waals surface area contributed by atoms with Crippen LogP contribution in [0.1, 0.15) is 5.56 Å². The van der Waals surface area contributed by atoms with Crippen molar-refractivity contribution in [2.24, 2.45) is 0 Å². The average molecular weight is 261 g/mol. The van der Waals surface area contributed by atoms with E-state index in [1.54, 1.807) is 13.2 Å². The highest BCUT2D eigenvalue weighted by Gasteiger charge is 2.05. The van der Waals surface area contributed by atoms with E-state index in [1.807, 2.05) is 42.5 Å². The Hall–Kier alpha value is -1.65. The zero-order valence-corrected chi connectivity index (χ0v) is 10.8. The third-order valence-corrected chi connectivity index (χ3v) is 3.21. The summed E-state index contributed by atoms with van der Waals surface area (Å²) in [6, 6.07) is 15.4. The molecule has 3 nitrogen and oxygen atoms in total. The second-order valence-corrected chi connectivity index (χ2v) is 4.74. The number of methoxy groups -OCH3 is 1. The minimum atomic E-state index is -2.11. The third kappa shape index (κ3) is 2.97. The highest BCUT2D eigenvalue weighted by Crippen LogP contribution is 2.27. The van der Waals surface area contributed by atoms with Gasteiger partial charge in [-0.05, 0) is 17.2 Å². The summed E-state index contributed by atoms with van der Waals surface area (Å²) in [6.45, 7) is 0. The molecule has 0 fully saturated rings. The molecule has 0 amide bonds. The molecular formula is C14H13O3S-. The lowest BCUT2D eigenvalue weighted by atomic mass is 10.0. The Balaban J connectivity index is 2.39. The lowest BCUT2D eigenvalue weighted by molar-refractivity contribution is 0.411. The molecule has 0 bridgehead atoms. The predicted molar refractivity (Wildman–Crippen MR) is 71.1 cm³/mol. The Morgan fingerprint density at radius 1 is 1.11 bits per heavy atom. The van der Waals surface area contributed by atoms with Gasteiger partial charge in [-0.25, -0.2) is 0 Å². The SMILES string of the molecule is COc1cc(-c2ccccc2)ccc1CS(=O)[O-]. The Morgan fingerprint density at radius 3 is 2.44 bits per heavy atom. The van der Waals surface area contributed by atoms with Crippen molar-refractivity contribution in [1.82, 2.24) is 0 Å². The van der Waals surface area contributed by atoms with Crippen LogP contribution in [0.2, 0.25) is 0 Å². The Bertz CT molecular complexity index is 552. The van der Waals surface area contributed by atoms with Crippen molar-refractivity contribution >= 4 is 11.1 Å². The first-order chi connectivity index (χ1) is 8.70. The van der Waals surface area contributed by atoms with E-state index in [9.17, 15) is 8.76 Å². The zero-order chi connectivity index (χ0) is 13.0. The molecule has 4 heteroatoms. The molecule has 2 aromatic rings. The number of ether oxygens (including phenoxy) is 1. The van der Waals surface area contributed by atoms with Gasteiger partial charge in [0.2, 0.25) is 0 Å². The number of rotatable bonds is 4. The molecule has 18 heavy (non-hydrogen) atoms. The highest BCUT2D eigenvalue weighted by atomic mass is 32.2. The fourth-order valence-corrected chi connectivity index (χ4v) is 2.29. The summed E-state index contributed by atoms with van der Waals surface area (Å²) in [5.74, 6) is 0.568. The van der Waals surface area contributed by atoms with Crippen molar-refractivity contribution in [3.63, 3.8) is 0 Å². The van der Waals surface area contributed by atoms with Crippen molar-refractivity contribution in [2.45, 2.75) is 5.75 Å². The molecular weight excluding hydrogens is 248 g/mol. The molecule has 0 radical (unpaired) electrons. The smallest absolute Gasteiger partial charge is 0.123 e. The van der Waals surface area contributed by atoms with Gasteiger partial charge in [0.25, 0.3) is 0 Å². The molecule has 94 valence electrons. The predicted octanol–water partition coefficient (Wildman–Crippen LogP) is 2.74. The Kier molecular flexibility index (Phi) is 4.12. The lowest BCUT2D eigenvalue weighted by Gasteiger charge is -2.12. The molecule has 0 N–H and O–H groups in total. The van der Waals surface area contributed by atoms with Crippen LogP contribution in [0.3, 0.4) is 0 Å². The number of hydrogen-bond acceptors (Lipinski definition) is 3. The number of benzene rings is 2. The van der Waals surface area contributed by atoms with Crippen LogP contribution in [0.4, 0.5) is 0 Å². The second-order valence-electron chi connectivity index (χ2n) is 3.84. The van der Waals surface area contributed by atoms with Crippen LogP contribution in [0.15, 0.2) is 48.5 Å². The van der Waals surface area contributed by atoms with Crippen LogP contribution in [0.25, 0.3) is 11.1 Å². The summed E-state index contributed by atoms with van der Waals surface area (Å²) in [5, 5.41) is 0. The fraction of sp³-hybridized carbons (Fsp3) is 0.143. The van der Waals surface area contributed by atoms with Gasteiger partial charge >= 0.3 is 0 Å². The van der Waals surface area contributed by atoms with Crippen LogP contribution >= 0.6 is 0 Å². The fourth-order valence-electron chi connectivity index (χ4n) is 1.80. The topological polar surface area (TPSA) is 49.4 Å². The molecule has 0 aromatic heterocycles. The summed E-state index contributed by atoms with van der Waals surface area (Å²) in [5.41, 5.74) is 2.75. The first kappa shape index (κ1) is 12.8. The maximum atomic E-state index is 10.7. The molecule has 0 heterocycles. The third-order valence-electron chi connectivity index (χ3n) is 2.67. The zero-order valence-electron chi connectivity index (χ0n) is 9.96. The maximum Gasteiger partial charge on any atom is 0.123 e. The molecule has 1 unspecified atom stereocenters. The van der Waals surface area contributed by atoms with Crippen molar-refractivity contribution in [1.29, 1.82) is 0 Å². The minimum absolute atomic E-state index is 0.0295. The Morgan fingerprint density at radius 2 is 1.83 bits per heavy atom. The quantitative estimate of drug-likeness (QED) is 0.795. The molecule has 2 rings (SSSR count). The standard InChI is InChI=1S/C14H14O3S/c1-17-14-9-12(11-5-3-2-4-6-11)7-8-13(14)10-18(15)16/h2-9H,10H2,1H3,(H,15,16)/p-1. The van der Waals surface area contributed by atoms with Gasteiger partial charge in [-0.1, -0.05) is 53.5 Å². The molecule has 0 saturated heterocycles. The van der Waals surface area contributed by atoms with Crippen molar-refractivity contribution in [2.75, 3.05) is 7.11 Å². The van der Waals surface area contributed by atoms with Gasteiger partial charge in [0, 0.05) is 11.3 Å². The molecule has 0 spiro atoms. The molecule has 0 aliphatic rings. The van der Waals surface area contributed by atoms with Gasteiger partial charge in [-0.3, -0.25) is 4.21 Å². The Labute approximate surface area is 109 Å². The van der Waals surface area contributed by atoms with Gasteiger partial charge in [-0.15, -0.1) is 0 Å². The van der Waals surface area contributed by atoms with E-state index in [4.69, 9.17) is 4.74 Å². The molecule has 1 atom stereocenters. The monoisotopic (exact) mass is 261 g/mol. The van der Waals surface area contributed by atoms with E-state index >= 15 is 0 Å². The van der Waals surface area contributed by atoms with Crippen molar-refractivity contribution in [3.8, 4) is 16.9 Å². The van der Waals surface area contributed by atoms with E-state index in [2.05, 4.69) is 0 Å². The average Bonchev–Trinajstić information content (AvgIpc) is 2.39. The van der Waals surface area contributed by atoms with Crippen LogP contribution in [0.5, 0.6) is 5.75 Å². The van der Waals surface area contributed by atoms with Gasteiger partial charge in [0.1, 0.15) is 5.75 Å². The summed E-state index contributed by atoms with van der Waals surface area (Å²) >= 11 is -2.11. The van der Waals surface area contributed by atoms with Gasteiger partial charge in [-0.2, -0.15) is 0 Å². The van der Waals surface area contributed by atoms with Crippen LogP contribution in [0, 0.1) is 0 Å². The van der Waals surface area contributed by atoms with E-state index < -0.39 is 11.1 Å². The van der Waals surface area contributed by atoms with Crippen molar-refractivity contribution < 1.29 is 13.5 Å². The lowest BCUT2D eigenvalue weighted by Crippen LogP contribution is -1.97. The largest absolute Gasteiger partial charge is 0.772 e. The summed E-state index contributed by atoms with van der Waals surface area (Å²) in [4.78, 5) is 0. The number of hydrogen-bond donors (Lipinski definition) is 0.